The van der Waals surface area contributed by atoms with Crippen LogP contribution in [0.3, 0.4) is 0 Å². The molecule has 2 aromatic rings. The van der Waals surface area contributed by atoms with E-state index >= 15 is 0 Å². The number of aromatic nitrogens is 1. The predicted octanol–water partition coefficient (Wildman–Crippen LogP) is 2.67. The van der Waals surface area contributed by atoms with Crippen LogP contribution in [0.5, 0.6) is 11.8 Å². The number of nitrogens with zero attached hydrogens (tertiary/aromatic N) is 1. The number of amides is 2. The van der Waals surface area contributed by atoms with Gasteiger partial charge in [0.2, 0.25) is 11.8 Å². The summed E-state index contributed by atoms with van der Waals surface area (Å²) >= 11 is 0. The van der Waals surface area contributed by atoms with E-state index in [2.05, 4.69) is 10.6 Å². The lowest BCUT2D eigenvalue weighted by atomic mass is 10.1. The fraction of sp³-hybridized carbons (Fsp3) is 0.400. The Morgan fingerprint density at radius 3 is 2.10 bits per heavy atom. The summed E-state index contributed by atoms with van der Waals surface area (Å²) in [7, 11) is 0. The van der Waals surface area contributed by atoms with Crippen molar-refractivity contribution in [2.45, 2.75) is 50.8 Å². The molecule has 0 aliphatic heterocycles. The van der Waals surface area contributed by atoms with Gasteiger partial charge < -0.3 is 30.4 Å². The lowest BCUT2D eigenvalue weighted by molar-refractivity contribution is 0.104. The molecule has 0 radical (unpaired) electrons. The number of aromatic hydroxyl groups is 2. The molecule has 1 saturated carbocycles. The number of nitrogens with one attached hydrogen (secondary N) is 2. The van der Waals surface area contributed by atoms with Gasteiger partial charge in [-0.15, -0.1) is 4.73 Å². The van der Waals surface area contributed by atoms with Crippen LogP contribution in [0.4, 0.5) is 9.59 Å². The Kier molecular flexibility index (Phi) is 6.83. The van der Waals surface area contributed by atoms with E-state index in [4.69, 9.17) is 9.57 Å². The molecule has 0 spiro atoms. The van der Waals surface area contributed by atoms with Crippen molar-refractivity contribution < 1.29 is 29.4 Å². The van der Waals surface area contributed by atoms with Crippen molar-refractivity contribution in [2.24, 2.45) is 0 Å². The molecular weight excluding hydrogens is 378 g/mol. The van der Waals surface area contributed by atoms with Gasteiger partial charge in [0.1, 0.15) is 6.61 Å². The summed E-state index contributed by atoms with van der Waals surface area (Å²) in [6.45, 7) is 0.217. The van der Waals surface area contributed by atoms with E-state index in [9.17, 15) is 19.8 Å². The van der Waals surface area contributed by atoms with Crippen molar-refractivity contribution in [2.75, 3.05) is 0 Å². The molecule has 0 saturated heterocycles. The quantitative estimate of drug-likeness (QED) is 0.570. The van der Waals surface area contributed by atoms with Crippen LogP contribution in [0.2, 0.25) is 0 Å². The Balaban J connectivity index is 1.40. The fourth-order valence-electron chi connectivity index (χ4n) is 3.29. The van der Waals surface area contributed by atoms with Crippen molar-refractivity contribution in [1.82, 2.24) is 15.4 Å². The Bertz CT molecular complexity index is 803. The van der Waals surface area contributed by atoms with Gasteiger partial charge in [0.25, 0.3) is 0 Å². The zero-order valence-electron chi connectivity index (χ0n) is 15.9. The molecule has 156 valence electrons. The molecule has 9 heteroatoms. The van der Waals surface area contributed by atoms with Crippen molar-refractivity contribution in [3.63, 3.8) is 0 Å². The molecule has 0 bridgehead atoms. The maximum Gasteiger partial charge on any atom is 0.432 e. The zero-order valence-corrected chi connectivity index (χ0v) is 15.9. The van der Waals surface area contributed by atoms with Crippen molar-refractivity contribution in [3.05, 3.63) is 48.0 Å². The maximum atomic E-state index is 12.0. The van der Waals surface area contributed by atoms with Gasteiger partial charge in [0, 0.05) is 24.2 Å². The molecule has 3 rings (SSSR count). The molecule has 2 atom stereocenters. The molecule has 1 aliphatic rings. The molecule has 2 amide bonds. The van der Waals surface area contributed by atoms with Gasteiger partial charge in [-0.05, 0) is 37.7 Å². The summed E-state index contributed by atoms with van der Waals surface area (Å²) in [4.78, 5) is 28.9. The SMILES string of the molecule is O=C(N[C@@H]1CCC[C@H](NC(=O)On2c(O)ccc2O)CC1)OCc1ccccc1. The number of rotatable bonds is 5. The average Bonchev–Trinajstić information content (AvgIpc) is 2.90. The largest absolute Gasteiger partial charge is 0.492 e. The second kappa shape index (κ2) is 9.72. The fourth-order valence-corrected chi connectivity index (χ4v) is 3.29. The van der Waals surface area contributed by atoms with E-state index in [0.29, 0.717) is 17.6 Å². The van der Waals surface area contributed by atoms with Crippen LogP contribution in [-0.4, -0.2) is 39.2 Å². The lowest BCUT2D eigenvalue weighted by Crippen LogP contribution is -2.39. The molecular formula is C20H25N3O6. The number of ether oxygens (including phenoxy) is 1. The van der Waals surface area contributed by atoms with Crippen molar-refractivity contribution in [1.29, 1.82) is 0 Å². The van der Waals surface area contributed by atoms with Crippen LogP contribution in [0.15, 0.2) is 42.5 Å². The minimum Gasteiger partial charge on any atom is -0.492 e. The molecule has 1 heterocycles. The number of alkyl carbamates (subject to hydrolysis) is 1. The zero-order chi connectivity index (χ0) is 20.6. The molecule has 0 unspecified atom stereocenters. The number of benzene rings is 1. The second-order valence-corrected chi connectivity index (χ2v) is 6.98. The Morgan fingerprint density at radius 1 is 0.897 bits per heavy atom. The van der Waals surface area contributed by atoms with Crippen LogP contribution in [0, 0.1) is 0 Å². The third kappa shape index (κ3) is 6.06. The van der Waals surface area contributed by atoms with Gasteiger partial charge in [-0.3, -0.25) is 0 Å². The first-order valence-electron chi connectivity index (χ1n) is 9.57. The van der Waals surface area contributed by atoms with E-state index in [1.807, 2.05) is 30.3 Å². The van der Waals surface area contributed by atoms with Crippen molar-refractivity contribution >= 4 is 12.2 Å². The first-order chi connectivity index (χ1) is 14.0. The molecule has 1 aliphatic carbocycles. The van der Waals surface area contributed by atoms with Crippen LogP contribution in [0.1, 0.15) is 37.7 Å². The minimum atomic E-state index is -0.773. The Hall–Kier alpha value is -3.36. The highest BCUT2D eigenvalue weighted by atomic mass is 16.7. The average molecular weight is 403 g/mol. The third-order valence-corrected chi connectivity index (χ3v) is 4.80. The van der Waals surface area contributed by atoms with Gasteiger partial charge in [0.05, 0.1) is 0 Å². The first kappa shape index (κ1) is 20.4. The number of carbonyl (C=O) groups is 2. The number of hydrogen-bond acceptors (Lipinski definition) is 6. The van der Waals surface area contributed by atoms with E-state index in [-0.39, 0.29) is 30.5 Å². The highest BCUT2D eigenvalue weighted by Gasteiger charge is 2.23. The molecule has 1 fully saturated rings. The smallest absolute Gasteiger partial charge is 0.432 e. The highest BCUT2D eigenvalue weighted by molar-refractivity contribution is 5.68. The molecule has 4 N–H and O–H groups in total. The Morgan fingerprint density at radius 2 is 1.48 bits per heavy atom. The van der Waals surface area contributed by atoms with Gasteiger partial charge in [-0.1, -0.05) is 30.3 Å². The summed E-state index contributed by atoms with van der Waals surface area (Å²) in [5.74, 6) is -0.756. The van der Waals surface area contributed by atoms with Crippen LogP contribution >= 0.6 is 0 Å². The summed E-state index contributed by atoms with van der Waals surface area (Å²) in [5.41, 5.74) is 0.922. The predicted molar refractivity (Wildman–Crippen MR) is 103 cm³/mol. The monoisotopic (exact) mass is 403 g/mol. The Labute approximate surface area is 168 Å². The second-order valence-electron chi connectivity index (χ2n) is 6.98. The summed E-state index contributed by atoms with van der Waals surface area (Å²) in [6, 6.07) is 11.7. The van der Waals surface area contributed by atoms with Crippen LogP contribution in [0.25, 0.3) is 0 Å². The standard InChI is InChI=1S/C20H25N3O6/c24-17-11-12-18(25)23(17)29-20(27)22-16-8-4-7-15(9-10-16)21-19(26)28-13-14-5-2-1-3-6-14/h1-3,5-6,11-12,15-16,24-25H,4,7-10,13H2,(H,21,26)(H,22,27)/t15-,16+/m1/s1. The van der Waals surface area contributed by atoms with E-state index in [0.717, 1.165) is 24.8 Å². The van der Waals surface area contributed by atoms with Crippen molar-refractivity contribution in [3.8, 4) is 11.8 Å². The normalized spacial score (nSPS) is 19.0. The summed E-state index contributed by atoms with van der Waals surface area (Å²) < 4.78 is 5.89. The van der Waals surface area contributed by atoms with Gasteiger partial charge in [-0.2, -0.15) is 0 Å². The van der Waals surface area contributed by atoms with Crippen LogP contribution < -0.4 is 15.5 Å². The number of carbonyl (C=O) groups excluding carboxylic acids is 2. The van der Waals surface area contributed by atoms with Gasteiger partial charge in [0.15, 0.2) is 0 Å². The van der Waals surface area contributed by atoms with Gasteiger partial charge >= 0.3 is 12.2 Å². The summed E-state index contributed by atoms with van der Waals surface area (Å²) in [6.07, 6.45) is 2.44. The summed E-state index contributed by atoms with van der Waals surface area (Å²) in [5, 5.41) is 24.6. The topological polar surface area (TPSA) is 122 Å². The van der Waals surface area contributed by atoms with E-state index in [1.165, 1.54) is 12.1 Å². The molecule has 9 nitrogen and oxygen atoms in total. The number of hydrogen-bond donors (Lipinski definition) is 4. The highest BCUT2D eigenvalue weighted by Crippen LogP contribution is 2.20. The lowest BCUT2D eigenvalue weighted by Gasteiger charge is -2.18. The van der Waals surface area contributed by atoms with E-state index in [1.54, 1.807) is 0 Å². The third-order valence-electron chi connectivity index (χ3n) is 4.80. The minimum absolute atomic E-state index is 0.0290. The first-order valence-corrected chi connectivity index (χ1v) is 9.57. The molecule has 1 aromatic heterocycles. The van der Waals surface area contributed by atoms with Gasteiger partial charge in [-0.25, -0.2) is 9.59 Å². The van der Waals surface area contributed by atoms with E-state index < -0.39 is 12.2 Å². The van der Waals surface area contributed by atoms with Crippen LogP contribution in [-0.2, 0) is 11.3 Å². The molecule has 1 aromatic carbocycles. The maximum absolute atomic E-state index is 12.0. The molecule has 29 heavy (non-hydrogen) atoms.